The fraction of sp³-hybridized carbons (Fsp3) is 0.400. The maximum atomic E-state index is 4.97. The van der Waals surface area contributed by atoms with Crippen LogP contribution < -0.4 is 5.73 Å². The highest BCUT2D eigenvalue weighted by atomic mass is 14.7. The lowest BCUT2D eigenvalue weighted by Crippen LogP contribution is -1.73. The number of rotatable bonds is 2. The van der Waals surface area contributed by atoms with Gasteiger partial charge in [0.15, 0.2) is 0 Å². The number of nitrogens with two attached hydrogens (primary N) is 1. The monoisotopic (exact) mass is 98.1 g/mol. The molecule has 40 valence electrons. The van der Waals surface area contributed by atoms with Crippen molar-refractivity contribution in [3.63, 3.8) is 0 Å². The van der Waals surface area contributed by atoms with Gasteiger partial charge in [0.2, 0.25) is 0 Å². The van der Waals surface area contributed by atoms with Crippen LogP contribution >= 0.6 is 0 Å². The Bertz CT molecular complexity index is 74.1. The van der Waals surface area contributed by atoms with Crippen molar-refractivity contribution in [1.29, 1.82) is 0 Å². The second-order valence-corrected chi connectivity index (χ2v) is 1.08. The van der Waals surface area contributed by atoms with Crippen LogP contribution in [0.4, 0.5) is 0 Å². The van der Waals surface area contributed by atoms with Crippen molar-refractivity contribution in [2.75, 3.05) is 0 Å². The molecule has 2 N–H and O–H groups in total. The zero-order valence-electron chi connectivity index (χ0n) is 4.46. The van der Waals surface area contributed by atoms with Crippen LogP contribution in [0.25, 0.3) is 0 Å². The second-order valence-electron chi connectivity index (χ2n) is 1.08. The molecule has 0 aliphatic carbocycles. The summed E-state index contributed by atoms with van der Waals surface area (Å²) in [6.45, 7) is 2.02. The Hall–Kier alpha value is -0.790. The summed E-state index contributed by atoms with van der Waals surface area (Å²) >= 11 is 0. The molecule has 0 saturated heterocycles. The van der Waals surface area contributed by atoms with Gasteiger partial charge >= 0.3 is 0 Å². The van der Waals surface area contributed by atoms with Crippen molar-refractivity contribution in [2.45, 2.75) is 13.3 Å². The Balaban J connectivity index is 3.09. The van der Waals surface area contributed by atoms with Gasteiger partial charge in [-0.25, -0.2) is 0 Å². The molecule has 0 unspecified atom stereocenters. The minimum atomic E-state index is 0.963. The average molecular weight is 98.1 g/mol. The summed E-state index contributed by atoms with van der Waals surface area (Å²) in [6, 6.07) is 0. The number of hydrogen-bond acceptors (Lipinski definition) is 2. The van der Waals surface area contributed by atoms with Crippen LogP contribution in [0.2, 0.25) is 0 Å². The summed E-state index contributed by atoms with van der Waals surface area (Å²) in [5.41, 5.74) is 4.97. The molecule has 0 fully saturated rings. The van der Waals surface area contributed by atoms with Crippen LogP contribution in [0.5, 0.6) is 0 Å². The Kier molecular flexibility index (Phi) is 4.62. The van der Waals surface area contributed by atoms with Crippen LogP contribution in [0.15, 0.2) is 17.4 Å². The summed E-state index contributed by atoms with van der Waals surface area (Å²) in [5.74, 6) is 0. The van der Waals surface area contributed by atoms with E-state index in [4.69, 9.17) is 5.73 Å². The number of aliphatic imine (C=N–C) groups is 1. The van der Waals surface area contributed by atoms with Crippen LogP contribution in [-0.4, -0.2) is 6.21 Å². The van der Waals surface area contributed by atoms with Gasteiger partial charge in [0, 0.05) is 18.6 Å². The standard InChI is InChI=1S/C5H10N2/c1-2-4-7-5-3-6/h3-5H,2,6H2,1H3/b5-3-,7-4?. The van der Waals surface area contributed by atoms with Gasteiger partial charge in [-0.2, -0.15) is 0 Å². The van der Waals surface area contributed by atoms with E-state index in [1.54, 1.807) is 12.4 Å². The molecule has 2 heteroatoms. The van der Waals surface area contributed by atoms with Gasteiger partial charge in [0.25, 0.3) is 0 Å². The molecule has 0 aromatic rings. The highest BCUT2D eigenvalue weighted by Crippen LogP contribution is 1.69. The van der Waals surface area contributed by atoms with E-state index in [1.165, 1.54) is 6.20 Å². The Morgan fingerprint density at radius 3 is 2.86 bits per heavy atom. The molecule has 0 saturated carbocycles. The molecule has 7 heavy (non-hydrogen) atoms. The minimum absolute atomic E-state index is 0.963. The lowest BCUT2D eigenvalue weighted by atomic mass is 10.5. The van der Waals surface area contributed by atoms with Crippen LogP contribution in [0.3, 0.4) is 0 Å². The fourth-order valence-electron chi connectivity index (χ4n) is 0.216. The third-order valence-corrected chi connectivity index (χ3v) is 0.460. The highest BCUT2D eigenvalue weighted by molar-refractivity contribution is 5.57. The molecule has 0 aromatic heterocycles. The summed E-state index contributed by atoms with van der Waals surface area (Å²) in [7, 11) is 0. The van der Waals surface area contributed by atoms with Crippen molar-refractivity contribution in [3.05, 3.63) is 12.4 Å². The van der Waals surface area contributed by atoms with Gasteiger partial charge < -0.3 is 5.73 Å². The van der Waals surface area contributed by atoms with E-state index in [-0.39, 0.29) is 0 Å². The van der Waals surface area contributed by atoms with E-state index in [1.807, 2.05) is 6.92 Å². The predicted molar refractivity (Wildman–Crippen MR) is 32.1 cm³/mol. The lowest BCUT2D eigenvalue weighted by molar-refractivity contribution is 1.31. The van der Waals surface area contributed by atoms with Crippen LogP contribution in [0.1, 0.15) is 13.3 Å². The summed E-state index contributed by atoms with van der Waals surface area (Å²) in [5, 5.41) is 0. The molecule has 0 aliphatic heterocycles. The first-order chi connectivity index (χ1) is 3.41. The highest BCUT2D eigenvalue weighted by Gasteiger charge is 1.58. The second kappa shape index (κ2) is 5.21. The van der Waals surface area contributed by atoms with Crippen molar-refractivity contribution in [1.82, 2.24) is 0 Å². The van der Waals surface area contributed by atoms with E-state index in [0.717, 1.165) is 6.42 Å². The predicted octanol–water partition coefficient (Wildman–Crippen LogP) is 0.897. The maximum absolute atomic E-state index is 4.97. The smallest absolute Gasteiger partial charge is 0.0418 e. The van der Waals surface area contributed by atoms with Crippen molar-refractivity contribution in [3.8, 4) is 0 Å². The lowest BCUT2D eigenvalue weighted by Gasteiger charge is -1.71. The first kappa shape index (κ1) is 6.21. The van der Waals surface area contributed by atoms with E-state index >= 15 is 0 Å². The average Bonchev–Trinajstić information content (AvgIpc) is 1.69. The van der Waals surface area contributed by atoms with Gasteiger partial charge in [0.05, 0.1) is 0 Å². The quantitative estimate of drug-likeness (QED) is 0.512. The molecular weight excluding hydrogens is 88.1 g/mol. The molecule has 0 radical (unpaired) electrons. The zero-order chi connectivity index (χ0) is 5.54. The first-order valence-corrected chi connectivity index (χ1v) is 2.30. The maximum Gasteiger partial charge on any atom is 0.0418 e. The fourth-order valence-corrected chi connectivity index (χ4v) is 0.216. The van der Waals surface area contributed by atoms with Gasteiger partial charge in [-0.1, -0.05) is 6.92 Å². The number of nitrogens with zero attached hydrogens (tertiary/aromatic N) is 1. The van der Waals surface area contributed by atoms with Gasteiger partial charge in [-0.05, 0) is 6.42 Å². The van der Waals surface area contributed by atoms with Gasteiger partial charge in [-0.15, -0.1) is 0 Å². The SMILES string of the molecule is CCC=N/C=C\N. The van der Waals surface area contributed by atoms with E-state index < -0.39 is 0 Å². The Morgan fingerprint density at radius 1 is 1.71 bits per heavy atom. The molecule has 0 aromatic carbocycles. The molecule has 2 nitrogen and oxygen atoms in total. The van der Waals surface area contributed by atoms with E-state index in [2.05, 4.69) is 4.99 Å². The minimum Gasteiger partial charge on any atom is -0.403 e. The largest absolute Gasteiger partial charge is 0.403 e. The van der Waals surface area contributed by atoms with Crippen molar-refractivity contribution >= 4 is 6.21 Å². The van der Waals surface area contributed by atoms with Crippen LogP contribution in [0, 0.1) is 0 Å². The van der Waals surface area contributed by atoms with E-state index in [0.29, 0.717) is 0 Å². The summed E-state index contributed by atoms with van der Waals surface area (Å²) in [4.78, 5) is 3.78. The van der Waals surface area contributed by atoms with E-state index in [9.17, 15) is 0 Å². The molecule has 0 aliphatic rings. The molecule has 0 atom stereocenters. The van der Waals surface area contributed by atoms with Crippen molar-refractivity contribution < 1.29 is 0 Å². The van der Waals surface area contributed by atoms with Crippen molar-refractivity contribution in [2.24, 2.45) is 10.7 Å². The normalized spacial score (nSPS) is 11.6. The van der Waals surface area contributed by atoms with Gasteiger partial charge in [-0.3, -0.25) is 4.99 Å². The first-order valence-electron chi connectivity index (χ1n) is 2.30. The third kappa shape index (κ3) is 5.21. The zero-order valence-corrected chi connectivity index (χ0v) is 4.46. The topological polar surface area (TPSA) is 38.4 Å². The third-order valence-electron chi connectivity index (χ3n) is 0.460. The van der Waals surface area contributed by atoms with Gasteiger partial charge in [0.1, 0.15) is 0 Å². The molecule has 0 heterocycles. The Morgan fingerprint density at radius 2 is 2.43 bits per heavy atom. The summed E-state index contributed by atoms with van der Waals surface area (Å²) in [6.07, 6.45) is 5.73. The Labute approximate surface area is 43.7 Å². The molecule has 0 spiro atoms. The molecule has 0 rings (SSSR count). The van der Waals surface area contributed by atoms with Crippen LogP contribution in [-0.2, 0) is 0 Å². The number of hydrogen-bond donors (Lipinski definition) is 1. The summed E-state index contributed by atoms with van der Waals surface area (Å²) < 4.78 is 0. The molecular formula is C5H10N2. The molecule has 0 bridgehead atoms. The molecule has 0 amide bonds.